The second-order valence-corrected chi connectivity index (χ2v) is 2.53. The number of hydrogen-bond acceptors (Lipinski definition) is 2. The average molecular weight is 179 g/mol. The van der Waals surface area contributed by atoms with Crippen molar-refractivity contribution in [2.45, 2.75) is 0 Å². The Kier molecular flexibility index (Phi) is 1.70. The first-order valence-electron chi connectivity index (χ1n) is 3.66. The summed E-state index contributed by atoms with van der Waals surface area (Å²) in [5, 5.41) is 5.93. The highest BCUT2D eigenvalue weighted by atomic mass is 19.1. The summed E-state index contributed by atoms with van der Waals surface area (Å²) >= 11 is 0. The molecule has 0 aliphatic rings. The van der Waals surface area contributed by atoms with Gasteiger partial charge in [0, 0.05) is 5.56 Å². The van der Waals surface area contributed by atoms with Gasteiger partial charge in [-0.3, -0.25) is 4.98 Å². The van der Waals surface area contributed by atoms with E-state index in [-0.39, 0.29) is 11.5 Å². The molecule has 0 amide bonds. The van der Waals surface area contributed by atoms with Crippen LogP contribution in [0.5, 0.6) is 0 Å². The highest BCUT2D eigenvalue weighted by Gasteiger charge is 2.00. The monoisotopic (exact) mass is 179 g/mol. The highest BCUT2D eigenvalue weighted by Crippen LogP contribution is 2.12. The predicted molar refractivity (Wildman–Crippen MR) is 44.6 cm³/mol. The molecule has 0 saturated carbocycles. The molecule has 2 rings (SSSR count). The fraction of sp³-hybridized carbons (Fsp3) is 0. The molecule has 1 heterocycles. The normalized spacial score (nSPS) is 10.2. The van der Waals surface area contributed by atoms with Gasteiger partial charge in [0.15, 0.2) is 5.82 Å². The van der Waals surface area contributed by atoms with Crippen LogP contribution in [0.25, 0.3) is 11.4 Å². The van der Waals surface area contributed by atoms with Crippen molar-refractivity contribution in [2.24, 2.45) is 0 Å². The van der Waals surface area contributed by atoms with Crippen LogP contribution >= 0.6 is 0 Å². The van der Waals surface area contributed by atoms with E-state index < -0.39 is 0 Å². The molecular weight excluding hydrogens is 173 g/mol. The van der Waals surface area contributed by atoms with Gasteiger partial charge in [-0.15, -0.1) is 0 Å². The molecule has 0 aliphatic heterocycles. The molecule has 0 fully saturated rings. The average Bonchev–Trinajstić information content (AvgIpc) is 2.53. The van der Waals surface area contributed by atoms with Crippen molar-refractivity contribution in [2.75, 3.05) is 0 Å². The molecule has 0 atom stereocenters. The van der Waals surface area contributed by atoms with Crippen molar-refractivity contribution in [1.29, 1.82) is 0 Å². The number of halogens is 1. The van der Waals surface area contributed by atoms with Gasteiger partial charge in [0.05, 0.1) is 0 Å². The molecule has 0 aliphatic carbocycles. The van der Waals surface area contributed by atoms with E-state index in [0.29, 0.717) is 11.4 Å². The summed E-state index contributed by atoms with van der Waals surface area (Å²) in [4.78, 5) is 13.1. The largest absolute Gasteiger partial charge is 0.340 e. The first-order valence-corrected chi connectivity index (χ1v) is 3.66. The summed E-state index contributed by atoms with van der Waals surface area (Å²) in [6.07, 6.45) is 0. The van der Waals surface area contributed by atoms with Crippen molar-refractivity contribution >= 4 is 0 Å². The number of aromatic nitrogens is 3. The topological polar surface area (TPSA) is 61.5 Å². The minimum absolute atomic E-state index is 0.318. The fourth-order valence-corrected chi connectivity index (χ4v) is 1.01. The third-order valence-electron chi connectivity index (χ3n) is 1.62. The van der Waals surface area contributed by atoms with Crippen LogP contribution in [0.1, 0.15) is 0 Å². The minimum atomic E-state index is -0.376. The molecule has 4 nitrogen and oxygen atoms in total. The Morgan fingerprint density at radius 1 is 1.23 bits per heavy atom. The lowest BCUT2D eigenvalue weighted by Crippen LogP contribution is -2.00. The third kappa shape index (κ3) is 1.48. The van der Waals surface area contributed by atoms with Gasteiger partial charge in [-0.05, 0) is 24.3 Å². The minimum Gasteiger partial charge on any atom is -0.289 e. The van der Waals surface area contributed by atoms with Crippen LogP contribution < -0.4 is 5.69 Å². The van der Waals surface area contributed by atoms with Crippen molar-refractivity contribution in [1.82, 2.24) is 15.2 Å². The van der Waals surface area contributed by atoms with Crippen molar-refractivity contribution in [3.8, 4) is 11.4 Å². The van der Waals surface area contributed by atoms with E-state index >= 15 is 0 Å². The molecule has 1 aromatic carbocycles. The van der Waals surface area contributed by atoms with E-state index in [1.54, 1.807) is 12.1 Å². The van der Waals surface area contributed by atoms with E-state index in [4.69, 9.17) is 0 Å². The number of nitrogens with zero attached hydrogens (tertiary/aromatic N) is 1. The van der Waals surface area contributed by atoms with Crippen LogP contribution in [-0.2, 0) is 0 Å². The molecule has 0 unspecified atom stereocenters. The Bertz CT molecular complexity index is 457. The summed E-state index contributed by atoms with van der Waals surface area (Å²) in [6, 6.07) is 5.70. The van der Waals surface area contributed by atoms with Crippen LogP contribution in [0.3, 0.4) is 0 Å². The lowest BCUT2D eigenvalue weighted by Gasteiger charge is -1.93. The van der Waals surface area contributed by atoms with Crippen molar-refractivity contribution in [3.63, 3.8) is 0 Å². The molecule has 0 saturated heterocycles. The maximum atomic E-state index is 12.5. The van der Waals surface area contributed by atoms with Crippen molar-refractivity contribution in [3.05, 3.63) is 40.6 Å². The lowest BCUT2D eigenvalue weighted by molar-refractivity contribution is 0.628. The van der Waals surface area contributed by atoms with E-state index in [0.717, 1.165) is 0 Å². The van der Waals surface area contributed by atoms with Gasteiger partial charge >= 0.3 is 5.69 Å². The van der Waals surface area contributed by atoms with Gasteiger partial charge in [-0.25, -0.2) is 14.3 Å². The van der Waals surface area contributed by atoms with Crippen LogP contribution in [0.4, 0.5) is 4.39 Å². The maximum absolute atomic E-state index is 12.5. The maximum Gasteiger partial charge on any atom is 0.340 e. The van der Waals surface area contributed by atoms with Gasteiger partial charge in [-0.1, -0.05) is 0 Å². The van der Waals surface area contributed by atoms with Crippen molar-refractivity contribution < 1.29 is 4.39 Å². The zero-order valence-electron chi connectivity index (χ0n) is 6.54. The second-order valence-electron chi connectivity index (χ2n) is 2.53. The zero-order valence-corrected chi connectivity index (χ0v) is 6.54. The number of H-pyrrole nitrogens is 2. The summed E-state index contributed by atoms with van der Waals surface area (Å²) in [5.41, 5.74) is 0.291. The molecule has 0 spiro atoms. The van der Waals surface area contributed by atoms with Gasteiger partial charge in [0.2, 0.25) is 0 Å². The number of aromatic amines is 2. The van der Waals surface area contributed by atoms with E-state index in [2.05, 4.69) is 15.2 Å². The van der Waals surface area contributed by atoms with Crippen LogP contribution in [0, 0.1) is 5.82 Å². The Labute approximate surface area is 72.4 Å². The first-order chi connectivity index (χ1) is 6.25. The Balaban J connectivity index is 2.47. The number of benzene rings is 1. The first kappa shape index (κ1) is 7.72. The van der Waals surface area contributed by atoms with E-state index in [1.165, 1.54) is 12.1 Å². The highest BCUT2D eigenvalue weighted by molar-refractivity contribution is 5.53. The van der Waals surface area contributed by atoms with Crippen LogP contribution in [0.2, 0.25) is 0 Å². The number of hydrogen-bond donors (Lipinski definition) is 2. The molecule has 0 bridgehead atoms. The number of nitrogens with one attached hydrogen (secondary N) is 2. The Morgan fingerprint density at radius 2 is 1.92 bits per heavy atom. The van der Waals surface area contributed by atoms with Crippen LogP contribution in [0.15, 0.2) is 29.1 Å². The van der Waals surface area contributed by atoms with Gasteiger partial charge in [0.25, 0.3) is 0 Å². The molecule has 5 heteroatoms. The Hall–Kier alpha value is -1.91. The zero-order chi connectivity index (χ0) is 9.26. The SMILES string of the molecule is O=c1[nH]nc(-c2ccc(F)cc2)[nH]1. The van der Waals surface area contributed by atoms with Crippen LogP contribution in [-0.4, -0.2) is 15.2 Å². The molecular formula is C8H6FN3O. The quantitative estimate of drug-likeness (QED) is 0.683. The lowest BCUT2D eigenvalue weighted by atomic mass is 10.2. The summed E-state index contributed by atoms with van der Waals surface area (Å²) < 4.78 is 12.5. The summed E-state index contributed by atoms with van der Waals surface area (Å²) in [6.45, 7) is 0. The van der Waals surface area contributed by atoms with E-state index in [1.807, 2.05) is 0 Å². The smallest absolute Gasteiger partial charge is 0.289 e. The van der Waals surface area contributed by atoms with Gasteiger partial charge < -0.3 is 0 Å². The molecule has 66 valence electrons. The summed E-state index contributed by atoms with van der Waals surface area (Å²) in [5.74, 6) is 0.0895. The van der Waals surface area contributed by atoms with Gasteiger partial charge in [0.1, 0.15) is 5.82 Å². The third-order valence-corrected chi connectivity index (χ3v) is 1.62. The Morgan fingerprint density at radius 3 is 2.46 bits per heavy atom. The number of rotatable bonds is 1. The van der Waals surface area contributed by atoms with E-state index in [9.17, 15) is 9.18 Å². The summed E-state index contributed by atoms with van der Waals surface area (Å²) in [7, 11) is 0. The second kappa shape index (κ2) is 2.85. The fourth-order valence-electron chi connectivity index (χ4n) is 1.01. The molecule has 2 N–H and O–H groups in total. The predicted octanol–water partition coefficient (Wildman–Crippen LogP) is 0.904. The molecule has 2 aromatic rings. The van der Waals surface area contributed by atoms with Gasteiger partial charge in [-0.2, -0.15) is 5.10 Å². The molecule has 13 heavy (non-hydrogen) atoms. The molecule has 0 radical (unpaired) electrons. The molecule has 1 aromatic heterocycles. The standard InChI is InChI=1S/C8H6FN3O/c9-6-3-1-5(2-4-6)7-10-8(13)12-11-7/h1-4H,(H2,10,11,12,13).